The predicted molar refractivity (Wildman–Crippen MR) is 172 cm³/mol. The van der Waals surface area contributed by atoms with Crippen LogP contribution in [0.5, 0.6) is 0 Å². The Bertz CT molecular complexity index is 1090. The van der Waals surface area contributed by atoms with Crippen molar-refractivity contribution in [2.24, 2.45) is 5.41 Å². The molecule has 3 rings (SSSR count). The van der Waals surface area contributed by atoms with Crippen molar-refractivity contribution in [3.05, 3.63) is 108 Å². The van der Waals surface area contributed by atoms with Gasteiger partial charge in [0.1, 0.15) is 6.10 Å². The maximum Gasteiger partial charge on any atom is 0.306 e. The summed E-state index contributed by atoms with van der Waals surface area (Å²) < 4.78 is 6.54. The van der Waals surface area contributed by atoms with Gasteiger partial charge in [0, 0.05) is 0 Å². The summed E-state index contributed by atoms with van der Waals surface area (Å²) in [6, 6.07) is 31.1. The molecule has 0 saturated carbocycles. The maximum atomic E-state index is 13.6. The highest BCUT2D eigenvalue weighted by Crippen LogP contribution is 2.45. The van der Waals surface area contributed by atoms with Crippen LogP contribution in [0, 0.1) is 5.41 Å². The topological polar surface area (TPSA) is 63.6 Å². The van der Waals surface area contributed by atoms with E-state index >= 15 is 0 Å². The van der Waals surface area contributed by atoms with E-state index in [1.54, 1.807) is 0 Å². The van der Waals surface area contributed by atoms with E-state index in [2.05, 4.69) is 43.3 Å². The van der Waals surface area contributed by atoms with Crippen LogP contribution in [0.1, 0.15) is 115 Å². The summed E-state index contributed by atoms with van der Waals surface area (Å²) in [5.74, 6) is -1.26. The summed E-state index contributed by atoms with van der Waals surface area (Å²) in [6.45, 7) is 5.88. The van der Waals surface area contributed by atoms with E-state index in [9.17, 15) is 14.7 Å². The van der Waals surface area contributed by atoms with Gasteiger partial charge in [-0.2, -0.15) is 0 Å². The quantitative estimate of drug-likeness (QED) is 0.0885. The fourth-order valence-electron chi connectivity index (χ4n) is 6.23. The summed E-state index contributed by atoms with van der Waals surface area (Å²) in [7, 11) is 0. The first-order valence-corrected chi connectivity index (χ1v) is 15.9. The van der Waals surface area contributed by atoms with E-state index in [1.807, 2.05) is 68.4 Å². The molecule has 0 bridgehead atoms. The number of hydrogen-bond donors (Lipinski definition) is 1. The average molecular weight is 571 g/mol. The Morgan fingerprint density at radius 2 is 1.05 bits per heavy atom. The molecule has 4 heteroatoms. The van der Waals surface area contributed by atoms with Crippen LogP contribution in [-0.4, -0.2) is 23.1 Å². The third-order valence-corrected chi connectivity index (χ3v) is 8.27. The smallest absolute Gasteiger partial charge is 0.306 e. The summed E-state index contributed by atoms with van der Waals surface area (Å²) in [6.07, 6.45) is 11.1. The van der Waals surface area contributed by atoms with Crippen molar-refractivity contribution in [3.8, 4) is 0 Å². The molecule has 3 aromatic carbocycles. The Hall–Kier alpha value is -3.40. The standard InChI is InChI=1S/C38H50O4/c1-4-5-6-7-8-9-10-11-21-28-34(42-36(41)30-37(2,3)29-35(39)40)38(31-22-15-12-16-23-31,32-24-17-13-18-25-32)33-26-19-14-20-27-33/h12-20,22-27,34H,4-11,21,28-30H2,1-3H3,(H,39,40). The van der Waals surface area contributed by atoms with E-state index in [1.165, 1.54) is 44.9 Å². The minimum Gasteiger partial charge on any atom is -0.481 e. The van der Waals surface area contributed by atoms with Gasteiger partial charge >= 0.3 is 11.9 Å². The van der Waals surface area contributed by atoms with Crippen molar-refractivity contribution < 1.29 is 19.4 Å². The fraction of sp³-hybridized carbons (Fsp3) is 0.474. The van der Waals surface area contributed by atoms with Crippen LogP contribution in [0.4, 0.5) is 0 Å². The zero-order valence-corrected chi connectivity index (χ0v) is 25.9. The Balaban J connectivity index is 1.98. The van der Waals surface area contributed by atoms with Crippen LogP contribution in [0.2, 0.25) is 0 Å². The van der Waals surface area contributed by atoms with Crippen molar-refractivity contribution in [3.63, 3.8) is 0 Å². The number of carbonyl (C=O) groups is 2. The van der Waals surface area contributed by atoms with Crippen molar-refractivity contribution in [1.82, 2.24) is 0 Å². The monoisotopic (exact) mass is 570 g/mol. The minimum atomic E-state index is -0.911. The summed E-state index contributed by atoms with van der Waals surface area (Å²) >= 11 is 0. The zero-order chi connectivity index (χ0) is 30.3. The van der Waals surface area contributed by atoms with E-state index < -0.39 is 22.9 Å². The molecule has 0 aliphatic rings. The molecule has 0 radical (unpaired) electrons. The van der Waals surface area contributed by atoms with Gasteiger partial charge in [-0.25, -0.2) is 0 Å². The molecule has 0 heterocycles. The minimum absolute atomic E-state index is 0.0437. The van der Waals surface area contributed by atoms with Crippen LogP contribution < -0.4 is 0 Å². The van der Waals surface area contributed by atoms with E-state index in [0.717, 1.165) is 29.5 Å². The fourth-order valence-corrected chi connectivity index (χ4v) is 6.23. The highest BCUT2D eigenvalue weighted by atomic mass is 16.5. The number of carboxylic acid groups (broad SMARTS) is 1. The van der Waals surface area contributed by atoms with E-state index in [0.29, 0.717) is 6.42 Å². The summed E-state index contributed by atoms with van der Waals surface area (Å²) in [4.78, 5) is 25.1. The molecule has 3 aromatic rings. The number of carbonyl (C=O) groups excluding carboxylic acids is 1. The van der Waals surface area contributed by atoms with Crippen LogP contribution in [0.25, 0.3) is 0 Å². The Morgan fingerprint density at radius 3 is 1.45 bits per heavy atom. The van der Waals surface area contributed by atoms with Gasteiger partial charge < -0.3 is 9.84 Å². The van der Waals surface area contributed by atoms with Gasteiger partial charge in [0.2, 0.25) is 0 Å². The highest BCUT2D eigenvalue weighted by molar-refractivity contribution is 5.73. The number of rotatable bonds is 19. The second-order valence-electron chi connectivity index (χ2n) is 12.4. The molecule has 1 unspecified atom stereocenters. The first-order chi connectivity index (χ1) is 20.3. The van der Waals surface area contributed by atoms with Crippen LogP contribution in [0.15, 0.2) is 91.0 Å². The van der Waals surface area contributed by atoms with Crippen molar-refractivity contribution >= 4 is 11.9 Å². The third-order valence-electron chi connectivity index (χ3n) is 8.27. The molecule has 226 valence electrons. The normalized spacial score (nSPS) is 12.5. The summed E-state index contributed by atoms with van der Waals surface area (Å²) in [5, 5.41) is 9.41. The Labute approximate surface area is 253 Å². The molecular formula is C38H50O4. The molecule has 4 nitrogen and oxygen atoms in total. The SMILES string of the molecule is CCCCCCCCCCCC(OC(=O)CC(C)(C)CC(=O)O)C(c1ccccc1)(c1ccccc1)c1ccccc1. The number of unbranched alkanes of at least 4 members (excludes halogenated alkanes) is 8. The lowest BCUT2D eigenvalue weighted by Crippen LogP contribution is -2.45. The molecule has 0 spiro atoms. The van der Waals surface area contributed by atoms with Crippen molar-refractivity contribution in [2.45, 2.75) is 109 Å². The van der Waals surface area contributed by atoms with Crippen LogP contribution in [0.3, 0.4) is 0 Å². The molecule has 0 amide bonds. The molecule has 1 N–H and O–H groups in total. The molecule has 42 heavy (non-hydrogen) atoms. The number of carboxylic acids is 1. The van der Waals surface area contributed by atoms with Crippen LogP contribution >= 0.6 is 0 Å². The van der Waals surface area contributed by atoms with Gasteiger partial charge in [-0.3, -0.25) is 9.59 Å². The second kappa shape index (κ2) is 16.9. The summed E-state index contributed by atoms with van der Waals surface area (Å²) in [5.41, 5.74) is 1.78. The molecule has 0 aliphatic heterocycles. The Kier molecular flexibility index (Phi) is 13.3. The predicted octanol–water partition coefficient (Wildman–Crippen LogP) is 9.74. The second-order valence-corrected chi connectivity index (χ2v) is 12.4. The lowest BCUT2D eigenvalue weighted by Gasteiger charge is -2.42. The maximum absolute atomic E-state index is 13.6. The van der Waals surface area contributed by atoms with E-state index in [4.69, 9.17) is 4.74 Å². The number of benzene rings is 3. The first kappa shape index (κ1) is 33.1. The lowest BCUT2D eigenvalue weighted by atomic mass is 9.64. The molecular weight excluding hydrogens is 520 g/mol. The van der Waals surface area contributed by atoms with Crippen LogP contribution in [-0.2, 0) is 19.7 Å². The third kappa shape index (κ3) is 9.58. The van der Waals surface area contributed by atoms with Gasteiger partial charge in [0.05, 0.1) is 18.3 Å². The highest BCUT2D eigenvalue weighted by Gasteiger charge is 2.46. The average Bonchev–Trinajstić information content (AvgIpc) is 2.97. The van der Waals surface area contributed by atoms with Gasteiger partial charge in [-0.1, -0.05) is 163 Å². The van der Waals surface area contributed by atoms with Crippen molar-refractivity contribution in [2.75, 3.05) is 0 Å². The van der Waals surface area contributed by atoms with Gasteiger partial charge in [0.15, 0.2) is 0 Å². The lowest BCUT2D eigenvalue weighted by molar-refractivity contribution is -0.155. The molecule has 0 fully saturated rings. The van der Waals surface area contributed by atoms with E-state index in [-0.39, 0.29) is 18.8 Å². The first-order valence-electron chi connectivity index (χ1n) is 15.9. The van der Waals surface area contributed by atoms with Gasteiger partial charge in [-0.05, 0) is 34.9 Å². The zero-order valence-electron chi connectivity index (χ0n) is 25.9. The number of aliphatic carboxylic acids is 1. The number of hydrogen-bond acceptors (Lipinski definition) is 3. The van der Waals surface area contributed by atoms with Gasteiger partial charge in [-0.15, -0.1) is 0 Å². The number of ether oxygens (including phenoxy) is 1. The molecule has 0 aliphatic carbocycles. The molecule has 0 aromatic heterocycles. The number of esters is 1. The molecule has 0 saturated heterocycles. The largest absolute Gasteiger partial charge is 0.481 e. The Morgan fingerprint density at radius 1 is 0.643 bits per heavy atom. The van der Waals surface area contributed by atoms with Crippen molar-refractivity contribution in [1.29, 1.82) is 0 Å². The molecule has 1 atom stereocenters. The van der Waals surface area contributed by atoms with Gasteiger partial charge in [0.25, 0.3) is 0 Å².